The molecule has 2 aliphatic heterocycles. The zero-order valence-corrected chi connectivity index (χ0v) is 21.5. The van der Waals surface area contributed by atoms with Crippen molar-refractivity contribution in [2.24, 2.45) is 5.41 Å². The lowest BCUT2D eigenvalue weighted by molar-refractivity contribution is 0.280. The van der Waals surface area contributed by atoms with Crippen molar-refractivity contribution in [3.8, 4) is 0 Å². The Labute approximate surface area is 196 Å². The second-order valence-corrected chi connectivity index (χ2v) is 15.1. The Morgan fingerprint density at radius 1 is 0.969 bits per heavy atom. The van der Waals surface area contributed by atoms with Crippen LogP contribution in [0.5, 0.6) is 0 Å². The van der Waals surface area contributed by atoms with E-state index in [0.717, 1.165) is 74.4 Å². The maximum absolute atomic E-state index is 13.3. The van der Waals surface area contributed by atoms with Gasteiger partial charge in [0.15, 0.2) is 0 Å². The number of nitrogens with one attached hydrogen (secondary N) is 1. The van der Waals surface area contributed by atoms with Gasteiger partial charge in [0.1, 0.15) is 4.21 Å². The summed E-state index contributed by atoms with van der Waals surface area (Å²) in [5, 5.41) is 0. The summed E-state index contributed by atoms with van der Waals surface area (Å²) < 4.78 is 45.1. The smallest absolute Gasteiger partial charge is 0.271 e. The van der Waals surface area contributed by atoms with Gasteiger partial charge in [0.05, 0.1) is 25.3 Å². The van der Waals surface area contributed by atoms with Crippen LogP contribution in [0.4, 0.5) is 11.4 Å². The first-order chi connectivity index (χ1) is 15.0. The number of piperidine rings is 1. The van der Waals surface area contributed by atoms with Crippen LogP contribution in [0.15, 0.2) is 38.8 Å². The van der Waals surface area contributed by atoms with Crippen LogP contribution in [0.1, 0.15) is 45.1 Å². The number of anilines is 2. The Balaban J connectivity index is 1.60. The second kappa shape index (κ2) is 8.66. The maximum Gasteiger partial charge on any atom is 0.271 e. The van der Waals surface area contributed by atoms with Crippen LogP contribution < -0.4 is 9.62 Å². The number of nitrogens with zero attached hydrogens (tertiary/aromatic N) is 2. The highest BCUT2D eigenvalue weighted by molar-refractivity contribution is 8.00. The maximum atomic E-state index is 13.3. The van der Waals surface area contributed by atoms with Gasteiger partial charge >= 0.3 is 0 Å². The van der Waals surface area contributed by atoms with Crippen molar-refractivity contribution in [3.05, 3.63) is 35.9 Å². The molecule has 0 amide bonds. The molecule has 2 saturated heterocycles. The Hall–Kier alpha value is -1.55. The molecule has 0 spiro atoms. The monoisotopic (exact) mass is 495 g/mol. The average Bonchev–Trinajstić information content (AvgIpc) is 3.42. The molecule has 2 aromatic rings. The van der Waals surface area contributed by atoms with Gasteiger partial charge in [0.2, 0.25) is 0 Å². The fraction of sp³-hybridized carbons (Fsp3) is 0.522. The van der Waals surface area contributed by atoms with Crippen molar-refractivity contribution in [1.29, 1.82) is 0 Å². The summed E-state index contributed by atoms with van der Waals surface area (Å²) in [6, 6.07) is 8.91. The van der Waals surface area contributed by atoms with Gasteiger partial charge in [-0.3, -0.25) is 4.72 Å². The lowest BCUT2D eigenvalue weighted by atomic mass is 9.82. The van der Waals surface area contributed by atoms with Gasteiger partial charge in [0, 0.05) is 26.2 Å². The molecule has 1 N–H and O–H groups in total. The van der Waals surface area contributed by atoms with Crippen molar-refractivity contribution in [3.63, 3.8) is 0 Å². The summed E-state index contributed by atoms with van der Waals surface area (Å²) in [5.41, 5.74) is 2.89. The lowest BCUT2D eigenvalue weighted by Crippen LogP contribution is -2.38. The van der Waals surface area contributed by atoms with Crippen LogP contribution in [-0.2, 0) is 19.7 Å². The van der Waals surface area contributed by atoms with Gasteiger partial charge in [-0.25, -0.2) is 16.9 Å². The largest absolute Gasteiger partial charge is 0.370 e. The topological polar surface area (TPSA) is 69.7 Å². The molecule has 1 aromatic carbocycles. The van der Waals surface area contributed by atoms with Crippen molar-refractivity contribution in [2.75, 3.05) is 35.8 Å². The van der Waals surface area contributed by atoms with Crippen LogP contribution in [0.2, 0.25) is 0 Å². The molecule has 176 valence electrons. The first-order valence-corrected chi connectivity index (χ1v) is 15.1. The summed E-state index contributed by atoms with van der Waals surface area (Å²) in [6.07, 6.45) is 4.12. The minimum absolute atomic E-state index is 0.162. The molecule has 1 unspecified atom stereocenters. The minimum Gasteiger partial charge on any atom is -0.370 e. The predicted molar refractivity (Wildman–Crippen MR) is 136 cm³/mol. The highest BCUT2D eigenvalue weighted by atomic mass is 32.3. The quantitative estimate of drug-likeness (QED) is 0.596. The number of benzene rings is 1. The number of hydrogen-bond acceptors (Lipinski definition) is 5. The molecule has 2 aliphatic rings. The van der Waals surface area contributed by atoms with Crippen molar-refractivity contribution >= 4 is 48.3 Å². The first-order valence-electron chi connectivity index (χ1n) is 11.1. The van der Waals surface area contributed by atoms with E-state index in [0.29, 0.717) is 15.3 Å². The minimum atomic E-state index is -3.81. The third kappa shape index (κ3) is 4.71. The number of rotatable bonds is 6. The van der Waals surface area contributed by atoms with Gasteiger partial charge < -0.3 is 4.90 Å². The van der Waals surface area contributed by atoms with E-state index in [-0.39, 0.29) is 4.21 Å². The number of sulfonamides is 1. The van der Waals surface area contributed by atoms with Crippen LogP contribution in [0, 0.1) is 12.3 Å². The number of para-hydroxylation sites is 1. The third-order valence-corrected chi connectivity index (χ3v) is 12.3. The molecule has 4 rings (SSSR count). The summed E-state index contributed by atoms with van der Waals surface area (Å²) in [4.78, 5) is 2.29. The van der Waals surface area contributed by atoms with Gasteiger partial charge in [-0.1, -0.05) is 26.0 Å². The van der Waals surface area contributed by atoms with E-state index in [1.165, 1.54) is 0 Å². The number of thiophene rings is 1. The van der Waals surface area contributed by atoms with Crippen LogP contribution in [-0.4, -0.2) is 49.0 Å². The SMILES string of the molecule is C=S(=O)(c1ccc(S(=O)(=O)Nc2cccc(C)c2N2CCC(C)(C)CC2)s1)N1CCCC1. The highest BCUT2D eigenvalue weighted by Crippen LogP contribution is 2.38. The molecule has 1 atom stereocenters. The van der Waals surface area contributed by atoms with Gasteiger partial charge in [-0.05, 0) is 67.7 Å². The summed E-state index contributed by atoms with van der Waals surface area (Å²) in [6.45, 7) is 9.85. The lowest BCUT2D eigenvalue weighted by Gasteiger charge is -2.39. The molecule has 9 heteroatoms. The molecule has 32 heavy (non-hydrogen) atoms. The Kier molecular flexibility index (Phi) is 6.39. The van der Waals surface area contributed by atoms with Crippen LogP contribution in [0.3, 0.4) is 0 Å². The molecule has 6 nitrogen and oxygen atoms in total. The van der Waals surface area contributed by atoms with Crippen LogP contribution in [0.25, 0.3) is 0 Å². The molecular formula is C23H33N3O3S3. The summed E-state index contributed by atoms with van der Waals surface area (Å²) in [5.74, 6) is 3.94. The molecule has 3 heterocycles. The molecule has 0 aliphatic carbocycles. The molecule has 0 bridgehead atoms. The zero-order chi connectivity index (χ0) is 23.1. The average molecular weight is 496 g/mol. The predicted octanol–water partition coefficient (Wildman–Crippen LogP) is 4.57. The standard InChI is InChI=1S/C23H33N3O3S3/c1-18-8-7-9-19(22(18)25-16-12-23(2,3)13-17-25)24-32(28,29)21-11-10-20(30-21)31(4,27)26-14-5-6-15-26/h7-11,24H,4-6,12-17H2,1-3H3. The first kappa shape index (κ1) is 23.6. The van der Waals surface area contributed by atoms with Gasteiger partial charge in [-0.2, -0.15) is 0 Å². The number of aryl methyl sites for hydroxylation is 1. The van der Waals surface area contributed by atoms with Crippen molar-refractivity contribution < 1.29 is 12.6 Å². The van der Waals surface area contributed by atoms with E-state index >= 15 is 0 Å². The zero-order valence-electron chi connectivity index (χ0n) is 19.1. The number of hydrogen-bond donors (Lipinski definition) is 1. The molecule has 0 saturated carbocycles. The van der Waals surface area contributed by atoms with E-state index in [2.05, 4.69) is 29.3 Å². The fourth-order valence-electron chi connectivity index (χ4n) is 4.42. The molecule has 0 radical (unpaired) electrons. The molecule has 1 aromatic heterocycles. The second-order valence-electron chi connectivity index (χ2n) is 9.58. The van der Waals surface area contributed by atoms with Crippen molar-refractivity contribution in [2.45, 2.75) is 54.9 Å². The van der Waals surface area contributed by atoms with Gasteiger partial charge in [-0.15, -0.1) is 11.3 Å². The van der Waals surface area contributed by atoms with Crippen molar-refractivity contribution in [1.82, 2.24) is 4.31 Å². The molecule has 2 fully saturated rings. The normalized spacial score (nSPS) is 21.4. The van der Waals surface area contributed by atoms with E-state index in [1.54, 1.807) is 12.1 Å². The fourth-order valence-corrected chi connectivity index (χ4v) is 9.17. The Morgan fingerprint density at radius 3 is 2.25 bits per heavy atom. The highest BCUT2D eigenvalue weighted by Gasteiger charge is 2.29. The van der Waals surface area contributed by atoms with E-state index in [4.69, 9.17) is 0 Å². The van der Waals surface area contributed by atoms with Gasteiger partial charge in [0.25, 0.3) is 10.0 Å². The van der Waals surface area contributed by atoms with Crippen LogP contribution >= 0.6 is 11.3 Å². The van der Waals surface area contributed by atoms with E-state index in [9.17, 15) is 12.6 Å². The third-order valence-electron chi connectivity index (χ3n) is 6.53. The Morgan fingerprint density at radius 2 is 1.59 bits per heavy atom. The molecular weight excluding hydrogens is 462 g/mol. The van der Waals surface area contributed by atoms with E-state index < -0.39 is 19.7 Å². The van der Waals surface area contributed by atoms with E-state index in [1.807, 2.05) is 29.4 Å². The summed E-state index contributed by atoms with van der Waals surface area (Å²) >= 11 is 1.05. The Bertz CT molecular complexity index is 1180. The summed E-state index contributed by atoms with van der Waals surface area (Å²) in [7, 11) is -6.45.